The van der Waals surface area contributed by atoms with Crippen LogP contribution in [0.1, 0.15) is 19.8 Å². The number of nitrogens with zero attached hydrogens (tertiary/aromatic N) is 1. The van der Waals surface area contributed by atoms with Gasteiger partial charge in [0, 0.05) is 25.3 Å². The first-order valence-electron chi connectivity index (χ1n) is 6.97. The van der Waals surface area contributed by atoms with Crippen molar-refractivity contribution in [1.82, 2.24) is 10.6 Å². The summed E-state index contributed by atoms with van der Waals surface area (Å²) in [6, 6.07) is 10.5. The molecule has 1 aliphatic rings. The molecular formula is C15H23N3O. The van der Waals surface area contributed by atoms with E-state index >= 15 is 0 Å². The molecule has 2 N–H and O–H groups in total. The van der Waals surface area contributed by atoms with E-state index < -0.39 is 0 Å². The quantitative estimate of drug-likeness (QED) is 0.841. The van der Waals surface area contributed by atoms with Crippen molar-refractivity contribution >= 4 is 11.6 Å². The highest BCUT2D eigenvalue weighted by molar-refractivity contribution is 5.82. The fourth-order valence-electron chi connectivity index (χ4n) is 2.33. The maximum absolute atomic E-state index is 11.9. The van der Waals surface area contributed by atoms with Crippen molar-refractivity contribution < 1.29 is 4.79 Å². The van der Waals surface area contributed by atoms with Crippen LogP contribution in [0.3, 0.4) is 0 Å². The van der Waals surface area contributed by atoms with E-state index in [1.165, 1.54) is 5.69 Å². The van der Waals surface area contributed by atoms with Crippen molar-refractivity contribution in [3.05, 3.63) is 30.3 Å². The fourth-order valence-corrected chi connectivity index (χ4v) is 2.33. The Balaban J connectivity index is 1.80. The van der Waals surface area contributed by atoms with Crippen LogP contribution in [0.15, 0.2) is 30.3 Å². The molecule has 1 aliphatic heterocycles. The van der Waals surface area contributed by atoms with Gasteiger partial charge in [0.2, 0.25) is 5.91 Å². The van der Waals surface area contributed by atoms with E-state index in [0.29, 0.717) is 6.54 Å². The minimum absolute atomic E-state index is 0.00855. The van der Waals surface area contributed by atoms with Gasteiger partial charge in [-0.2, -0.15) is 0 Å². The average Bonchev–Trinajstić information content (AvgIpc) is 2.98. The molecule has 1 aromatic rings. The number of hydrogen-bond acceptors (Lipinski definition) is 3. The zero-order valence-corrected chi connectivity index (χ0v) is 11.7. The topological polar surface area (TPSA) is 44.4 Å². The first-order valence-corrected chi connectivity index (χ1v) is 6.97. The lowest BCUT2D eigenvalue weighted by Gasteiger charge is -2.27. The summed E-state index contributed by atoms with van der Waals surface area (Å²) in [6.07, 6.45) is 2.05. The number of rotatable bonds is 5. The van der Waals surface area contributed by atoms with Gasteiger partial charge in [-0.15, -0.1) is 0 Å². The molecule has 1 heterocycles. The van der Waals surface area contributed by atoms with Crippen molar-refractivity contribution in [1.29, 1.82) is 0 Å². The van der Waals surface area contributed by atoms with Crippen LogP contribution in [0, 0.1) is 0 Å². The predicted octanol–water partition coefficient (Wildman–Crippen LogP) is 1.38. The summed E-state index contributed by atoms with van der Waals surface area (Å²) < 4.78 is 0. The lowest BCUT2D eigenvalue weighted by Crippen LogP contribution is -2.46. The van der Waals surface area contributed by atoms with Gasteiger partial charge < -0.3 is 15.5 Å². The van der Waals surface area contributed by atoms with Gasteiger partial charge in [0.1, 0.15) is 0 Å². The van der Waals surface area contributed by atoms with Gasteiger partial charge in [-0.3, -0.25) is 4.79 Å². The Morgan fingerprint density at radius 3 is 2.84 bits per heavy atom. The number of hydrogen-bond donors (Lipinski definition) is 2. The van der Waals surface area contributed by atoms with E-state index in [2.05, 4.69) is 41.6 Å². The first-order chi connectivity index (χ1) is 9.18. The van der Waals surface area contributed by atoms with E-state index in [4.69, 9.17) is 0 Å². The molecule has 19 heavy (non-hydrogen) atoms. The first kappa shape index (κ1) is 13.9. The van der Waals surface area contributed by atoms with Crippen LogP contribution in [0.2, 0.25) is 0 Å². The normalized spacial score (nSPS) is 20.0. The van der Waals surface area contributed by atoms with Crippen molar-refractivity contribution in [2.75, 3.05) is 25.0 Å². The van der Waals surface area contributed by atoms with E-state index in [9.17, 15) is 4.79 Å². The molecule has 1 saturated heterocycles. The average molecular weight is 261 g/mol. The van der Waals surface area contributed by atoms with Gasteiger partial charge in [0.15, 0.2) is 0 Å². The third-order valence-corrected chi connectivity index (χ3v) is 3.77. The standard InChI is InChI=1S/C15H23N3O/c1-12(18(2)13-7-4-3-5-8-13)11-17-15(19)14-9-6-10-16-14/h3-5,7-8,12,14,16H,6,9-11H2,1-2H3,(H,17,19). The Kier molecular flexibility index (Phi) is 4.80. The maximum atomic E-state index is 11.9. The van der Waals surface area contributed by atoms with Gasteiger partial charge >= 0.3 is 0 Å². The van der Waals surface area contributed by atoms with Crippen LogP contribution >= 0.6 is 0 Å². The minimum Gasteiger partial charge on any atom is -0.370 e. The Morgan fingerprint density at radius 2 is 2.21 bits per heavy atom. The molecule has 1 fully saturated rings. The molecule has 0 radical (unpaired) electrons. The zero-order valence-electron chi connectivity index (χ0n) is 11.7. The second kappa shape index (κ2) is 6.57. The Labute approximate surface area is 115 Å². The summed E-state index contributed by atoms with van der Waals surface area (Å²) in [5, 5.41) is 6.25. The Morgan fingerprint density at radius 1 is 1.47 bits per heavy atom. The third kappa shape index (κ3) is 3.70. The number of anilines is 1. The number of likely N-dealkylation sites (N-methyl/N-ethyl adjacent to an activating group) is 1. The molecule has 104 valence electrons. The number of nitrogens with one attached hydrogen (secondary N) is 2. The van der Waals surface area contributed by atoms with Gasteiger partial charge in [-0.25, -0.2) is 0 Å². The van der Waals surface area contributed by atoms with Crippen LogP contribution in [0.25, 0.3) is 0 Å². The molecule has 2 unspecified atom stereocenters. The molecule has 0 bridgehead atoms. The van der Waals surface area contributed by atoms with E-state index in [0.717, 1.165) is 19.4 Å². The number of benzene rings is 1. The van der Waals surface area contributed by atoms with E-state index in [1.807, 2.05) is 18.2 Å². The largest absolute Gasteiger partial charge is 0.370 e. The summed E-state index contributed by atoms with van der Waals surface area (Å²) in [5.41, 5.74) is 1.17. The summed E-state index contributed by atoms with van der Waals surface area (Å²) in [7, 11) is 2.06. The SMILES string of the molecule is CC(CNC(=O)C1CCCN1)N(C)c1ccccc1. The number of amides is 1. The highest BCUT2D eigenvalue weighted by atomic mass is 16.2. The number of carbonyl (C=O) groups is 1. The highest BCUT2D eigenvalue weighted by Gasteiger charge is 2.22. The third-order valence-electron chi connectivity index (χ3n) is 3.77. The molecule has 4 heteroatoms. The van der Waals surface area contributed by atoms with Crippen LogP contribution in [0.5, 0.6) is 0 Å². The molecule has 2 rings (SSSR count). The molecule has 0 spiro atoms. The van der Waals surface area contributed by atoms with Crippen LogP contribution in [0.4, 0.5) is 5.69 Å². The Hall–Kier alpha value is -1.55. The summed E-state index contributed by atoms with van der Waals surface area (Å²) in [5.74, 6) is 0.130. The van der Waals surface area contributed by atoms with Crippen molar-refractivity contribution in [3.8, 4) is 0 Å². The molecule has 4 nitrogen and oxygen atoms in total. The molecule has 0 saturated carbocycles. The van der Waals surface area contributed by atoms with Gasteiger partial charge in [-0.05, 0) is 38.4 Å². The fraction of sp³-hybridized carbons (Fsp3) is 0.533. The van der Waals surface area contributed by atoms with Gasteiger partial charge in [0.05, 0.1) is 6.04 Å². The van der Waals surface area contributed by atoms with Crippen LogP contribution in [-0.2, 0) is 4.79 Å². The molecular weight excluding hydrogens is 238 g/mol. The van der Waals surface area contributed by atoms with Gasteiger partial charge in [-0.1, -0.05) is 18.2 Å². The molecule has 0 aliphatic carbocycles. The molecule has 2 atom stereocenters. The summed E-state index contributed by atoms with van der Waals surface area (Å²) in [4.78, 5) is 14.1. The molecule has 0 aromatic heterocycles. The van der Waals surface area contributed by atoms with E-state index in [1.54, 1.807) is 0 Å². The summed E-state index contributed by atoms with van der Waals surface area (Å²) in [6.45, 7) is 3.75. The lowest BCUT2D eigenvalue weighted by atomic mass is 10.2. The predicted molar refractivity (Wildman–Crippen MR) is 78.3 cm³/mol. The van der Waals surface area contributed by atoms with Crippen molar-refractivity contribution in [3.63, 3.8) is 0 Å². The van der Waals surface area contributed by atoms with Gasteiger partial charge in [0.25, 0.3) is 0 Å². The minimum atomic E-state index is 0.00855. The molecule has 1 aromatic carbocycles. The maximum Gasteiger partial charge on any atom is 0.237 e. The van der Waals surface area contributed by atoms with Crippen molar-refractivity contribution in [2.45, 2.75) is 31.8 Å². The van der Waals surface area contributed by atoms with Crippen LogP contribution in [-0.4, -0.2) is 38.1 Å². The monoisotopic (exact) mass is 261 g/mol. The van der Waals surface area contributed by atoms with Crippen molar-refractivity contribution in [2.24, 2.45) is 0 Å². The number of para-hydroxylation sites is 1. The van der Waals surface area contributed by atoms with Crippen LogP contribution < -0.4 is 15.5 Å². The summed E-state index contributed by atoms with van der Waals surface area (Å²) >= 11 is 0. The molecule has 1 amide bonds. The Bertz CT molecular complexity index is 401. The second-order valence-corrected chi connectivity index (χ2v) is 5.19. The smallest absolute Gasteiger partial charge is 0.237 e. The lowest BCUT2D eigenvalue weighted by molar-refractivity contribution is -0.122. The highest BCUT2D eigenvalue weighted by Crippen LogP contribution is 2.13. The second-order valence-electron chi connectivity index (χ2n) is 5.19. The zero-order chi connectivity index (χ0) is 13.7. The number of carbonyl (C=O) groups excluding carboxylic acids is 1. The van der Waals surface area contributed by atoms with E-state index in [-0.39, 0.29) is 18.0 Å².